The van der Waals surface area contributed by atoms with Crippen molar-refractivity contribution in [1.29, 1.82) is 5.26 Å². The van der Waals surface area contributed by atoms with E-state index in [1.165, 1.54) is 42.5 Å². The van der Waals surface area contributed by atoms with Crippen LogP contribution in [0.2, 0.25) is 0 Å². The van der Waals surface area contributed by atoms with Crippen LogP contribution in [0.25, 0.3) is 6.08 Å². The summed E-state index contributed by atoms with van der Waals surface area (Å²) in [6.07, 6.45) is 1.42. The number of hydrogen-bond donors (Lipinski definition) is 2. The van der Waals surface area contributed by atoms with Gasteiger partial charge in [0.2, 0.25) is 0 Å². The lowest BCUT2D eigenvalue weighted by atomic mass is 10.1. The Labute approximate surface area is 207 Å². The van der Waals surface area contributed by atoms with Crippen molar-refractivity contribution >= 4 is 51.9 Å². The van der Waals surface area contributed by atoms with Crippen molar-refractivity contribution in [1.82, 2.24) is 0 Å². The molecule has 0 saturated heterocycles. The van der Waals surface area contributed by atoms with E-state index in [1.807, 2.05) is 6.07 Å². The number of carboxylic acid groups (broad SMARTS) is 1. The van der Waals surface area contributed by atoms with Crippen molar-refractivity contribution in [2.24, 2.45) is 0 Å². The SMILES string of the molecule is N#C/C(=C/c1ccc(OCc2ccc([N+](=O)[O-])cc2)c(I)c1)C(=O)Nc1cccc(C(=O)O)c1. The van der Waals surface area contributed by atoms with Crippen LogP contribution in [0.3, 0.4) is 0 Å². The monoisotopic (exact) mass is 569 g/mol. The van der Waals surface area contributed by atoms with Gasteiger partial charge in [-0.3, -0.25) is 14.9 Å². The lowest BCUT2D eigenvalue weighted by Gasteiger charge is -2.09. The first-order chi connectivity index (χ1) is 16.3. The quantitative estimate of drug-likeness (QED) is 0.128. The van der Waals surface area contributed by atoms with Crippen LogP contribution < -0.4 is 10.1 Å². The molecule has 0 aliphatic carbocycles. The zero-order valence-electron chi connectivity index (χ0n) is 17.4. The number of nitrogens with zero attached hydrogens (tertiary/aromatic N) is 2. The molecule has 0 radical (unpaired) electrons. The fourth-order valence-corrected chi connectivity index (χ4v) is 3.54. The molecule has 3 rings (SSSR count). The normalized spacial score (nSPS) is 10.8. The summed E-state index contributed by atoms with van der Waals surface area (Å²) in [4.78, 5) is 33.8. The van der Waals surface area contributed by atoms with Crippen molar-refractivity contribution < 1.29 is 24.4 Å². The highest BCUT2D eigenvalue weighted by Gasteiger charge is 2.12. The lowest BCUT2D eigenvalue weighted by Crippen LogP contribution is -2.14. The molecule has 0 heterocycles. The molecule has 0 aromatic heterocycles. The number of anilines is 1. The number of hydrogen-bond acceptors (Lipinski definition) is 6. The maximum absolute atomic E-state index is 12.5. The van der Waals surface area contributed by atoms with E-state index < -0.39 is 16.8 Å². The van der Waals surface area contributed by atoms with Gasteiger partial charge >= 0.3 is 5.97 Å². The van der Waals surface area contributed by atoms with Crippen LogP contribution >= 0.6 is 22.6 Å². The van der Waals surface area contributed by atoms with Gasteiger partial charge in [0, 0.05) is 17.8 Å². The Morgan fingerprint density at radius 2 is 1.88 bits per heavy atom. The van der Waals surface area contributed by atoms with Gasteiger partial charge in [-0.15, -0.1) is 0 Å². The van der Waals surface area contributed by atoms with E-state index >= 15 is 0 Å². The number of rotatable bonds is 8. The third kappa shape index (κ3) is 6.39. The van der Waals surface area contributed by atoms with E-state index in [4.69, 9.17) is 9.84 Å². The first-order valence-corrected chi connectivity index (χ1v) is 10.8. The molecule has 0 bridgehead atoms. The van der Waals surface area contributed by atoms with Crippen molar-refractivity contribution in [2.45, 2.75) is 6.61 Å². The number of halogens is 1. The second-order valence-electron chi connectivity index (χ2n) is 6.91. The van der Waals surface area contributed by atoms with Gasteiger partial charge in [0.15, 0.2) is 0 Å². The minimum atomic E-state index is -1.13. The Morgan fingerprint density at radius 1 is 1.15 bits per heavy atom. The van der Waals surface area contributed by atoms with Gasteiger partial charge in [-0.25, -0.2) is 4.79 Å². The number of non-ortho nitro benzene ring substituents is 1. The molecule has 34 heavy (non-hydrogen) atoms. The van der Waals surface area contributed by atoms with Crippen LogP contribution in [-0.2, 0) is 11.4 Å². The molecule has 0 unspecified atom stereocenters. The molecule has 9 nitrogen and oxygen atoms in total. The number of carboxylic acids is 1. The van der Waals surface area contributed by atoms with Crippen molar-refractivity contribution in [2.75, 3.05) is 5.32 Å². The van der Waals surface area contributed by atoms with E-state index in [-0.39, 0.29) is 29.1 Å². The van der Waals surface area contributed by atoms with Crippen LogP contribution in [0, 0.1) is 25.0 Å². The summed E-state index contributed by atoms with van der Waals surface area (Å²) in [6, 6.07) is 18.7. The van der Waals surface area contributed by atoms with E-state index in [1.54, 1.807) is 30.3 Å². The summed E-state index contributed by atoms with van der Waals surface area (Å²) in [7, 11) is 0. The number of aromatic carboxylic acids is 1. The minimum Gasteiger partial charge on any atom is -0.488 e. The van der Waals surface area contributed by atoms with E-state index in [2.05, 4.69) is 27.9 Å². The zero-order chi connectivity index (χ0) is 24.7. The zero-order valence-corrected chi connectivity index (χ0v) is 19.6. The number of carbonyl (C=O) groups excluding carboxylic acids is 1. The van der Waals surface area contributed by atoms with Crippen LogP contribution in [0.5, 0.6) is 5.75 Å². The fraction of sp³-hybridized carbons (Fsp3) is 0.0417. The fourth-order valence-electron chi connectivity index (χ4n) is 2.84. The molecule has 0 atom stereocenters. The number of nitro groups is 1. The molecule has 0 saturated carbocycles. The highest BCUT2D eigenvalue weighted by atomic mass is 127. The first kappa shape index (κ1) is 24.4. The smallest absolute Gasteiger partial charge is 0.335 e. The molecule has 0 aliphatic heterocycles. The third-order valence-corrected chi connectivity index (χ3v) is 5.38. The average Bonchev–Trinajstić information content (AvgIpc) is 2.82. The number of amides is 1. The van der Waals surface area contributed by atoms with Crippen LogP contribution in [0.4, 0.5) is 11.4 Å². The molecule has 170 valence electrons. The summed E-state index contributed by atoms with van der Waals surface area (Å²) in [5.74, 6) is -1.22. The molecule has 0 spiro atoms. The largest absolute Gasteiger partial charge is 0.488 e. The summed E-state index contributed by atoms with van der Waals surface area (Å²) in [5.41, 5.74) is 1.48. The van der Waals surface area contributed by atoms with Crippen LogP contribution in [0.1, 0.15) is 21.5 Å². The van der Waals surface area contributed by atoms with Gasteiger partial charge in [-0.1, -0.05) is 12.1 Å². The number of nitro benzene ring substituents is 1. The highest BCUT2D eigenvalue weighted by Crippen LogP contribution is 2.25. The van der Waals surface area contributed by atoms with Crippen molar-refractivity contribution in [3.8, 4) is 11.8 Å². The van der Waals surface area contributed by atoms with Gasteiger partial charge in [0.25, 0.3) is 11.6 Å². The predicted molar refractivity (Wildman–Crippen MR) is 132 cm³/mol. The maximum Gasteiger partial charge on any atom is 0.335 e. The highest BCUT2D eigenvalue weighted by molar-refractivity contribution is 14.1. The van der Waals surface area contributed by atoms with E-state index in [0.29, 0.717) is 11.3 Å². The Balaban J connectivity index is 1.69. The van der Waals surface area contributed by atoms with Gasteiger partial charge in [0.05, 0.1) is 14.1 Å². The molecule has 3 aromatic carbocycles. The summed E-state index contributed by atoms with van der Waals surface area (Å²) >= 11 is 2.06. The summed E-state index contributed by atoms with van der Waals surface area (Å²) < 4.78 is 6.51. The second kappa shape index (κ2) is 11.1. The Bertz CT molecular complexity index is 1330. The summed E-state index contributed by atoms with van der Waals surface area (Å²) in [5, 5.41) is 31.8. The molecule has 1 amide bonds. The Morgan fingerprint density at radius 3 is 2.50 bits per heavy atom. The first-order valence-electron chi connectivity index (χ1n) is 9.69. The molecule has 2 N–H and O–H groups in total. The second-order valence-corrected chi connectivity index (χ2v) is 8.07. The molecule has 0 fully saturated rings. The maximum atomic E-state index is 12.5. The lowest BCUT2D eigenvalue weighted by molar-refractivity contribution is -0.384. The predicted octanol–water partition coefficient (Wildman–Crippen LogP) is 5.02. The standard InChI is InChI=1S/C24H16IN3O6/c25-21-11-16(6-9-22(21)34-14-15-4-7-20(8-5-15)28(32)33)10-18(13-26)23(29)27-19-3-1-2-17(12-19)24(30)31/h1-12H,14H2,(H,27,29)(H,30,31)/b18-10-. The number of nitriles is 1. The van der Waals surface area contributed by atoms with Crippen molar-refractivity contribution in [3.63, 3.8) is 0 Å². The number of ether oxygens (including phenoxy) is 1. The van der Waals surface area contributed by atoms with E-state index in [0.717, 1.165) is 9.13 Å². The molecule has 3 aromatic rings. The number of nitrogens with one attached hydrogen (secondary N) is 1. The van der Waals surface area contributed by atoms with Crippen molar-refractivity contribution in [3.05, 3.63) is 103 Å². The minimum absolute atomic E-state index is 0.00129. The summed E-state index contributed by atoms with van der Waals surface area (Å²) in [6.45, 7) is 0.213. The average molecular weight is 569 g/mol. The molecule has 0 aliphatic rings. The van der Waals surface area contributed by atoms with Crippen LogP contribution in [-0.4, -0.2) is 21.9 Å². The van der Waals surface area contributed by atoms with Crippen LogP contribution in [0.15, 0.2) is 72.3 Å². The van der Waals surface area contributed by atoms with Gasteiger partial charge in [-0.05, 0) is 82.3 Å². The number of benzene rings is 3. The third-order valence-electron chi connectivity index (χ3n) is 4.54. The topological polar surface area (TPSA) is 143 Å². The molecular weight excluding hydrogens is 553 g/mol. The molecule has 10 heteroatoms. The van der Waals surface area contributed by atoms with Gasteiger partial charge < -0.3 is 15.2 Å². The van der Waals surface area contributed by atoms with Gasteiger partial charge in [0.1, 0.15) is 24.0 Å². The molecular formula is C24H16IN3O6. The van der Waals surface area contributed by atoms with Gasteiger partial charge in [-0.2, -0.15) is 5.26 Å². The number of carbonyl (C=O) groups is 2. The Hall–Kier alpha value is -4.24. The van der Waals surface area contributed by atoms with E-state index in [9.17, 15) is 25.0 Å². The Kier molecular flexibility index (Phi) is 7.94.